The monoisotopic (exact) mass is 295 g/mol. The van der Waals surface area contributed by atoms with Crippen LogP contribution in [0, 0.1) is 18.8 Å². The Morgan fingerprint density at radius 2 is 2.19 bits per heavy atom. The van der Waals surface area contributed by atoms with Crippen molar-refractivity contribution in [3.8, 4) is 0 Å². The molecule has 1 aliphatic heterocycles. The fourth-order valence-electron chi connectivity index (χ4n) is 2.69. The number of nitrogens with zero attached hydrogens (tertiary/aromatic N) is 2. The molecular weight excluding hydrogens is 274 g/mol. The third-order valence-corrected chi connectivity index (χ3v) is 3.89. The number of nitrogens with one attached hydrogen (secondary N) is 1. The molecule has 0 aromatic carbocycles. The van der Waals surface area contributed by atoms with Crippen LogP contribution in [0.15, 0.2) is 6.20 Å². The smallest absolute Gasteiger partial charge is 0.308 e. The lowest BCUT2D eigenvalue weighted by molar-refractivity contribution is -0.144. The molecule has 1 aromatic heterocycles. The molecule has 0 saturated carbocycles. The summed E-state index contributed by atoms with van der Waals surface area (Å²) in [4.78, 5) is 23.5. The van der Waals surface area contributed by atoms with E-state index in [0.29, 0.717) is 24.5 Å². The molecule has 1 fully saturated rings. The molecule has 1 aromatic rings. The number of aryl methyl sites for hydroxylation is 2. The van der Waals surface area contributed by atoms with E-state index in [0.717, 1.165) is 12.8 Å². The first-order chi connectivity index (χ1) is 9.99. The predicted octanol–water partition coefficient (Wildman–Crippen LogP) is 0.586. The first-order valence-electron chi connectivity index (χ1n) is 7.08. The van der Waals surface area contributed by atoms with Gasteiger partial charge in [0.1, 0.15) is 0 Å². The van der Waals surface area contributed by atoms with Gasteiger partial charge in [0, 0.05) is 33.0 Å². The third-order valence-electron chi connectivity index (χ3n) is 3.89. The van der Waals surface area contributed by atoms with Crippen molar-refractivity contribution < 1.29 is 19.4 Å². The molecule has 21 heavy (non-hydrogen) atoms. The average molecular weight is 295 g/mol. The van der Waals surface area contributed by atoms with E-state index in [1.165, 1.54) is 0 Å². The van der Waals surface area contributed by atoms with Gasteiger partial charge in [0.2, 0.25) is 0 Å². The van der Waals surface area contributed by atoms with Crippen LogP contribution in [0.5, 0.6) is 0 Å². The van der Waals surface area contributed by atoms with Crippen molar-refractivity contribution >= 4 is 11.9 Å². The van der Waals surface area contributed by atoms with E-state index in [4.69, 9.17) is 4.74 Å². The summed E-state index contributed by atoms with van der Waals surface area (Å²) >= 11 is 0. The number of carboxylic acids is 1. The zero-order valence-electron chi connectivity index (χ0n) is 12.3. The van der Waals surface area contributed by atoms with Crippen LogP contribution in [-0.4, -0.2) is 46.5 Å². The highest BCUT2D eigenvalue weighted by molar-refractivity contribution is 5.95. The van der Waals surface area contributed by atoms with Crippen molar-refractivity contribution in [3.05, 3.63) is 17.5 Å². The number of carbonyl (C=O) groups is 2. The Balaban J connectivity index is 1.96. The highest BCUT2D eigenvalue weighted by atomic mass is 16.5. The van der Waals surface area contributed by atoms with Gasteiger partial charge in [-0.25, -0.2) is 0 Å². The summed E-state index contributed by atoms with van der Waals surface area (Å²) in [5.74, 6) is -1.68. The van der Waals surface area contributed by atoms with Gasteiger partial charge in [-0.05, 0) is 25.7 Å². The number of ether oxygens (including phenoxy) is 1. The van der Waals surface area contributed by atoms with Gasteiger partial charge in [-0.2, -0.15) is 5.10 Å². The molecule has 2 heterocycles. The van der Waals surface area contributed by atoms with Crippen molar-refractivity contribution in [1.82, 2.24) is 15.1 Å². The number of amides is 1. The number of rotatable bonds is 5. The zero-order valence-corrected chi connectivity index (χ0v) is 12.3. The van der Waals surface area contributed by atoms with Crippen LogP contribution in [0.4, 0.5) is 0 Å². The lowest BCUT2D eigenvalue weighted by Crippen LogP contribution is -2.39. The van der Waals surface area contributed by atoms with Gasteiger partial charge in [0.25, 0.3) is 5.91 Å². The van der Waals surface area contributed by atoms with Crippen LogP contribution in [0.2, 0.25) is 0 Å². The number of hydrogen-bond acceptors (Lipinski definition) is 4. The van der Waals surface area contributed by atoms with E-state index < -0.39 is 11.9 Å². The number of carbonyl (C=O) groups excluding carboxylic acids is 1. The number of aromatic nitrogens is 2. The zero-order chi connectivity index (χ0) is 15.4. The summed E-state index contributed by atoms with van der Waals surface area (Å²) < 4.78 is 6.82. The molecule has 0 aliphatic carbocycles. The maximum absolute atomic E-state index is 12.1. The fraction of sp³-hybridized carbons (Fsp3) is 0.643. The van der Waals surface area contributed by atoms with Crippen LogP contribution in [-0.2, 0) is 16.6 Å². The van der Waals surface area contributed by atoms with E-state index >= 15 is 0 Å². The third kappa shape index (κ3) is 3.81. The lowest BCUT2D eigenvalue weighted by Gasteiger charge is -2.27. The maximum Gasteiger partial charge on any atom is 0.308 e. The summed E-state index contributed by atoms with van der Waals surface area (Å²) in [6.45, 7) is 3.06. The highest BCUT2D eigenvalue weighted by Gasteiger charge is 2.30. The molecule has 2 rings (SSSR count). The molecule has 2 N–H and O–H groups in total. The van der Waals surface area contributed by atoms with Crippen LogP contribution >= 0.6 is 0 Å². The Hall–Kier alpha value is -1.89. The molecule has 1 amide bonds. The van der Waals surface area contributed by atoms with Crippen molar-refractivity contribution in [3.63, 3.8) is 0 Å². The SMILES string of the molecule is Cc1nn(C)cc1C(=O)NCC(C(=O)O)C1CCOCC1. The Labute approximate surface area is 123 Å². The topological polar surface area (TPSA) is 93.5 Å². The largest absolute Gasteiger partial charge is 0.481 e. The molecule has 0 bridgehead atoms. The number of hydrogen-bond donors (Lipinski definition) is 2. The summed E-state index contributed by atoms with van der Waals surface area (Å²) in [5, 5.41) is 16.2. The molecular formula is C14H21N3O4. The number of aliphatic carboxylic acids is 1. The second-order valence-corrected chi connectivity index (χ2v) is 5.41. The molecule has 1 atom stereocenters. The summed E-state index contributed by atoms with van der Waals surface area (Å²) in [5.41, 5.74) is 1.11. The molecule has 1 aliphatic rings. The first-order valence-corrected chi connectivity index (χ1v) is 7.08. The Morgan fingerprint density at radius 1 is 1.52 bits per heavy atom. The Kier molecular flexibility index (Phi) is 4.95. The molecule has 0 spiro atoms. The van der Waals surface area contributed by atoms with Crippen molar-refractivity contribution in [2.24, 2.45) is 18.9 Å². The van der Waals surface area contributed by atoms with Gasteiger partial charge in [-0.3, -0.25) is 14.3 Å². The van der Waals surface area contributed by atoms with Gasteiger partial charge < -0.3 is 15.2 Å². The van der Waals surface area contributed by atoms with Crippen LogP contribution in [0.1, 0.15) is 28.9 Å². The van der Waals surface area contributed by atoms with E-state index in [-0.39, 0.29) is 18.4 Å². The highest BCUT2D eigenvalue weighted by Crippen LogP contribution is 2.23. The molecule has 1 saturated heterocycles. The lowest BCUT2D eigenvalue weighted by atomic mass is 9.86. The van der Waals surface area contributed by atoms with Gasteiger partial charge in [-0.1, -0.05) is 0 Å². The predicted molar refractivity (Wildman–Crippen MR) is 74.9 cm³/mol. The van der Waals surface area contributed by atoms with Crippen LogP contribution < -0.4 is 5.32 Å². The average Bonchev–Trinajstić information content (AvgIpc) is 2.78. The van der Waals surface area contributed by atoms with E-state index in [9.17, 15) is 14.7 Å². The minimum Gasteiger partial charge on any atom is -0.481 e. The van der Waals surface area contributed by atoms with Gasteiger partial charge >= 0.3 is 5.97 Å². The maximum atomic E-state index is 12.1. The summed E-state index contributed by atoms with van der Waals surface area (Å²) in [6, 6.07) is 0. The quantitative estimate of drug-likeness (QED) is 0.829. The summed E-state index contributed by atoms with van der Waals surface area (Å²) in [7, 11) is 1.74. The van der Waals surface area contributed by atoms with E-state index in [1.807, 2.05) is 0 Å². The second kappa shape index (κ2) is 6.71. The van der Waals surface area contributed by atoms with Crippen molar-refractivity contribution in [1.29, 1.82) is 0 Å². The Morgan fingerprint density at radius 3 is 2.71 bits per heavy atom. The normalized spacial score (nSPS) is 17.4. The van der Waals surface area contributed by atoms with Gasteiger partial charge in [-0.15, -0.1) is 0 Å². The second-order valence-electron chi connectivity index (χ2n) is 5.41. The molecule has 0 radical (unpaired) electrons. The van der Waals surface area contributed by atoms with Gasteiger partial charge in [0.15, 0.2) is 0 Å². The van der Waals surface area contributed by atoms with E-state index in [1.54, 1.807) is 24.9 Å². The standard InChI is InChI=1S/C14H21N3O4/c1-9-12(8-17(2)16-9)13(18)15-7-11(14(19)20)10-3-5-21-6-4-10/h8,10-11H,3-7H2,1-2H3,(H,15,18)(H,19,20). The van der Waals surface area contributed by atoms with Crippen LogP contribution in [0.25, 0.3) is 0 Å². The van der Waals surface area contributed by atoms with E-state index in [2.05, 4.69) is 10.4 Å². The molecule has 7 heteroatoms. The summed E-state index contributed by atoms with van der Waals surface area (Å²) in [6.07, 6.45) is 3.08. The molecule has 1 unspecified atom stereocenters. The molecule has 116 valence electrons. The minimum atomic E-state index is -0.870. The minimum absolute atomic E-state index is 0.0477. The van der Waals surface area contributed by atoms with Crippen molar-refractivity contribution in [2.45, 2.75) is 19.8 Å². The van der Waals surface area contributed by atoms with Crippen molar-refractivity contribution in [2.75, 3.05) is 19.8 Å². The van der Waals surface area contributed by atoms with Gasteiger partial charge in [0.05, 0.1) is 17.2 Å². The fourth-order valence-corrected chi connectivity index (χ4v) is 2.69. The molecule has 7 nitrogen and oxygen atoms in total. The number of carboxylic acid groups (broad SMARTS) is 1. The first kappa shape index (κ1) is 15.5. The Bertz CT molecular complexity index is 520. The van der Waals surface area contributed by atoms with Crippen LogP contribution in [0.3, 0.4) is 0 Å².